The molecule has 1 aliphatic heterocycles. The zero-order valence-corrected chi connectivity index (χ0v) is 12.3. The lowest BCUT2D eigenvalue weighted by molar-refractivity contribution is 0.118. The first kappa shape index (κ1) is 13.7. The molecule has 0 radical (unpaired) electrons. The summed E-state index contributed by atoms with van der Waals surface area (Å²) in [6.45, 7) is 4.07. The molecule has 1 heterocycles. The summed E-state index contributed by atoms with van der Waals surface area (Å²) < 4.78 is 24.5. The van der Waals surface area contributed by atoms with Gasteiger partial charge in [0.1, 0.15) is 11.4 Å². The number of ether oxygens (including phenoxy) is 2. The second kappa shape index (κ2) is 4.95. The first-order chi connectivity index (χ1) is 10.0. The van der Waals surface area contributed by atoms with Crippen molar-refractivity contribution in [3.05, 3.63) is 53.8 Å². The molecule has 21 heavy (non-hydrogen) atoms. The molecule has 0 spiro atoms. The van der Waals surface area contributed by atoms with Crippen LogP contribution in [0.4, 0.5) is 10.1 Å². The van der Waals surface area contributed by atoms with Gasteiger partial charge in [-0.05, 0) is 32.0 Å². The van der Waals surface area contributed by atoms with E-state index in [2.05, 4.69) is 5.32 Å². The van der Waals surface area contributed by atoms with Gasteiger partial charge in [0, 0.05) is 17.3 Å². The van der Waals surface area contributed by atoms with Crippen LogP contribution in [0, 0.1) is 5.82 Å². The van der Waals surface area contributed by atoms with E-state index in [1.165, 1.54) is 13.2 Å². The van der Waals surface area contributed by atoms with E-state index < -0.39 is 0 Å². The fourth-order valence-corrected chi connectivity index (χ4v) is 2.70. The third-order valence-electron chi connectivity index (χ3n) is 3.76. The van der Waals surface area contributed by atoms with Crippen LogP contribution >= 0.6 is 0 Å². The lowest BCUT2D eigenvalue weighted by Gasteiger charge is -2.28. The summed E-state index contributed by atoms with van der Waals surface area (Å²) in [5.41, 5.74) is 1.52. The highest BCUT2D eigenvalue weighted by Gasteiger charge is 2.40. The van der Waals surface area contributed by atoms with Gasteiger partial charge in [0.05, 0.1) is 13.2 Å². The quantitative estimate of drug-likeness (QED) is 0.919. The monoisotopic (exact) mass is 287 g/mol. The first-order valence-corrected chi connectivity index (χ1v) is 6.89. The van der Waals surface area contributed by atoms with Crippen molar-refractivity contribution in [2.75, 3.05) is 12.4 Å². The zero-order chi connectivity index (χ0) is 15.0. The van der Waals surface area contributed by atoms with Crippen molar-refractivity contribution in [2.24, 2.45) is 0 Å². The Hall–Kier alpha value is -2.23. The standard InChI is InChI=1S/C17H18FNO2/c1-17(2)16(12-6-4-5-7-14(12)21-17)19-11-8-9-13(18)15(10-11)20-3/h4-10,16,19H,1-3H3. The third kappa shape index (κ3) is 2.42. The molecule has 2 aromatic carbocycles. The molecule has 1 aliphatic rings. The molecular weight excluding hydrogens is 269 g/mol. The van der Waals surface area contributed by atoms with E-state index in [-0.39, 0.29) is 23.2 Å². The highest BCUT2D eigenvalue weighted by atomic mass is 19.1. The van der Waals surface area contributed by atoms with Crippen molar-refractivity contribution in [1.29, 1.82) is 0 Å². The minimum Gasteiger partial charge on any atom is -0.494 e. The van der Waals surface area contributed by atoms with Gasteiger partial charge < -0.3 is 14.8 Å². The SMILES string of the molecule is COc1cc(NC2c3ccccc3OC2(C)C)ccc1F. The van der Waals surface area contributed by atoms with Crippen LogP contribution in [-0.2, 0) is 0 Å². The number of methoxy groups -OCH3 is 1. The summed E-state index contributed by atoms with van der Waals surface area (Å²) in [5, 5.41) is 3.42. The fourth-order valence-electron chi connectivity index (χ4n) is 2.70. The molecule has 1 N–H and O–H groups in total. The van der Waals surface area contributed by atoms with Gasteiger partial charge in [0.2, 0.25) is 0 Å². The van der Waals surface area contributed by atoms with Crippen molar-refractivity contribution in [1.82, 2.24) is 0 Å². The second-order valence-corrected chi connectivity index (χ2v) is 5.67. The Labute approximate surface area is 123 Å². The van der Waals surface area contributed by atoms with Crippen molar-refractivity contribution in [3.8, 4) is 11.5 Å². The Morgan fingerprint density at radius 2 is 1.95 bits per heavy atom. The average Bonchev–Trinajstić information content (AvgIpc) is 2.71. The van der Waals surface area contributed by atoms with Gasteiger partial charge in [0.15, 0.2) is 11.6 Å². The number of fused-ring (bicyclic) bond motifs is 1. The molecule has 2 aromatic rings. The molecule has 0 amide bonds. The number of hydrogen-bond acceptors (Lipinski definition) is 3. The van der Waals surface area contributed by atoms with Crippen LogP contribution in [0.5, 0.6) is 11.5 Å². The highest BCUT2D eigenvalue weighted by Crippen LogP contribution is 2.44. The first-order valence-electron chi connectivity index (χ1n) is 6.89. The van der Waals surface area contributed by atoms with Gasteiger partial charge in [-0.25, -0.2) is 4.39 Å². The average molecular weight is 287 g/mol. The van der Waals surface area contributed by atoms with E-state index in [4.69, 9.17) is 9.47 Å². The number of nitrogens with one attached hydrogen (secondary N) is 1. The summed E-state index contributed by atoms with van der Waals surface area (Å²) in [5.74, 6) is 0.740. The van der Waals surface area contributed by atoms with Gasteiger partial charge in [-0.15, -0.1) is 0 Å². The predicted molar refractivity (Wildman–Crippen MR) is 80.5 cm³/mol. The van der Waals surface area contributed by atoms with Crippen molar-refractivity contribution < 1.29 is 13.9 Å². The molecule has 3 nitrogen and oxygen atoms in total. The summed E-state index contributed by atoms with van der Waals surface area (Å²) in [4.78, 5) is 0. The van der Waals surface area contributed by atoms with Crippen LogP contribution in [0.2, 0.25) is 0 Å². The summed E-state index contributed by atoms with van der Waals surface area (Å²) >= 11 is 0. The lowest BCUT2D eigenvalue weighted by Crippen LogP contribution is -2.34. The van der Waals surface area contributed by atoms with Crippen molar-refractivity contribution in [2.45, 2.75) is 25.5 Å². The van der Waals surface area contributed by atoms with Crippen molar-refractivity contribution >= 4 is 5.69 Å². The second-order valence-electron chi connectivity index (χ2n) is 5.67. The minimum absolute atomic E-state index is 0.0103. The van der Waals surface area contributed by atoms with E-state index in [1.54, 1.807) is 12.1 Å². The number of benzene rings is 2. The van der Waals surface area contributed by atoms with Crippen LogP contribution in [0.3, 0.4) is 0 Å². The van der Waals surface area contributed by atoms with Gasteiger partial charge in [0.25, 0.3) is 0 Å². The third-order valence-corrected chi connectivity index (χ3v) is 3.76. The fraction of sp³-hybridized carbons (Fsp3) is 0.294. The molecule has 3 rings (SSSR count). The Morgan fingerprint density at radius 3 is 2.71 bits per heavy atom. The van der Waals surface area contributed by atoms with E-state index in [0.29, 0.717) is 0 Å². The Morgan fingerprint density at radius 1 is 1.19 bits per heavy atom. The lowest BCUT2D eigenvalue weighted by atomic mass is 9.94. The number of rotatable bonds is 3. The predicted octanol–water partition coefficient (Wildman–Crippen LogP) is 4.16. The maximum atomic E-state index is 13.5. The topological polar surface area (TPSA) is 30.5 Å². The molecule has 0 saturated carbocycles. The highest BCUT2D eigenvalue weighted by molar-refractivity contribution is 5.54. The van der Waals surface area contributed by atoms with E-state index in [0.717, 1.165) is 17.0 Å². The molecule has 4 heteroatoms. The van der Waals surface area contributed by atoms with Crippen LogP contribution in [0.1, 0.15) is 25.5 Å². The molecule has 1 unspecified atom stereocenters. The summed E-state index contributed by atoms with van der Waals surface area (Å²) in [6.07, 6.45) is 0. The summed E-state index contributed by atoms with van der Waals surface area (Å²) in [7, 11) is 1.46. The molecule has 0 bridgehead atoms. The zero-order valence-electron chi connectivity index (χ0n) is 12.3. The maximum absolute atomic E-state index is 13.5. The number of anilines is 1. The molecule has 0 aliphatic carbocycles. The van der Waals surface area contributed by atoms with Crippen LogP contribution < -0.4 is 14.8 Å². The number of hydrogen-bond donors (Lipinski definition) is 1. The number of para-hydroxylation sites is 1. The Kier molecular flexibility index (Phi) is 3.24. The van der Waals surface area contributed by atoms with Gasteiger partial charge in [-0.1, -0.05) is 18.2 Å². The van der Waals surface area contributed by atoms with Crippen LogP contribution in [-0.4, -0.2) is 12.7 Å². The molecule has 110 valence electrons. The van der Waals surface area contributed by atoms with Gasteiger partial charge >= 0.3 is 0 Å². The maximum Gasteiger partial charge on any atom is 0.165 e. The molecule has 0 fully saturated rings. The largest absolute Gasteiger partial charge is 0.494 e. The van der Waals surface area contributed by atoms with E-state index >= 15 is 0 Å². The molecule has 1 atom stereocenters. The van der Waals surface area contributed by atoms with Crippen molar-refractivity contribution in [3.63, 3.8) is 0 Å². The van der Waals surface area contributed by atoms with E-state index in [9.17, 15) is 4.39 Å². The van der Waals surface area contributed by atoms with Crippen LogP contribution in [0.25, 0.3) is 0 Å². The summed E-state index contributed by atoms with van der Waals surface area (Å²) in [6, 6.07) is 12.7. The van der Waals surface area contributed by atoms with Gasteiger partial charge in [-0.3, -0.25) is 0 Å². The smallest absolute Gasteiger partial charge is 0.165 e. The van der Waals surface area contributed by atoms with Crippen LogP contribution in [0.15, 0.2) is 42.5 Å². The molecule has 0 aromatic heterocycles. The Balaban J connectivity index is 1.93. The molecular formula is C17H18FNO2. The normalized spacial score (nSPS) is 18.8. The number of halogens is 1. The molecule has 0 saturated heterocycles. The van der Waals surface area contributed by atoms with Gasteiger partial charge in [-0.2, -0.15) is 0 Å². The Bertz CT molecular complexity index is 670. The van der Waals surface area contributed by atoms with E-state index in [1.807, 2.05) is 38.1 Å². The minimum atomic E-state index is -0.384.